The molecule has 1 fully saturated rings. The molecule has 0 radical (unpaired) electrons. The smallest absolute Gasteiger partial charge is 0.263 e. The summed E-state index contributed by atoms with van der Waals surface area (Å²) in [5.41, 5.74) is 15.3. The fourth-order valence-corrected chi connectivity index (χ4v) is 3.77. The van der Waals surface area contributed by atoms with Crippen LogP contribution in [-0.4, -0.2) is 46.2 Å². The van der Waals surface area contributed by atoms with Gasteiger partial charge in [0.05, 0.1) is 23.7 Å². The number of carbonyl (C=O) groups is 1. The predicted molar refractivity (Wildman–Crippen MR) is 111 cm³/mol. The Morgan fingerprint density at radius 1 is 1.38 bits per heavy atom. The highest BCUT2D eigenvalue weighted by Gasteiger charge is 2.32. The number of carbonyl (C=O) groups excluding carboxylic acids is 1. The fourth-order valence-electron chi connectivity index (χ4n) is 3.77. The van der Waals surface area contributed by atoms with Gasteiger partial charge in [-0.1, -0.05) is 6.92 Å². The van der Waals surface area contributed by atoms with Gasteiger partial charge in [0.1, 0.15) is 11.1 Å². The van der Waals surface area contributed by atoms with E-state index in [1.54, 1.807) is 24.7 Å². The van der Waals surface area contributed by atoms with Crippen LogP contribution in [0.15, 0.2) is 35.1 Å². The molecule has 29 heavy (non-hydrogen) atoms. The van der Waals surface area contributed by atoms with Gasteiger partial charge in [-0.15, -0.1) is 0 Å². The first-order valence-electron chi connectivity index (χ1n) is 9.43. The third-order valence-corrected chi connectivity index (χ3v) is 5.27. The van der Waals surface area contributed by atoms with Crippen LogP contribution in [0.1, 0.15) is 22.8 Å². The van der Waals surface area contributed by atoms with Gasteiger partial charge in [-0.25, -0.2) is 0 Å². The van der Waals surface area contributed by atoms with Crippen molar-refractivity contribution >= 4 is 34.3 Å². The number of nitrogens with one attached hydrogen (secondary N) is 1. The van der Waals surface area contributed by atoms with Gasteiger partial charge >= 0.3 is 0 Å². The van der Waals surface area contributed by atoms with Crippen LogP contribution in [0.25, 0.3) is 11.1 Å². The van der Waals surface area contributed by atoms with Gasteiger partial charge in [-0.2, -0.15) is 0 Å². The van der Waals surface area contributed by atoms with Crippen molar-refractivity contribution in [3.05, 3.63) is 41.9 Å². The second kappa shape index (κ2) is 7.34. The van der Waals surface area contributed by atoms with E-state index in [-0.39, 0.29) is 23.4 Å². The number of piperidine rings is 1. The molecule has 152 valence electrons. The van der Waals surface area contributed by atoms with E-state index in [1.807, 2.05) is 24.8 Å². The van der Waals surface area contributed by atoms with Crippen LogP contribution in [0.4, 0.5) is 17.3 Å². The predicted octanol–water partition coefficient (Wildman–Crippen LogP) is 1.51. The monoisotopic (exact) mass is 396 g/mol. The zero-order chi connectivity index (χ0) is 20.7. The third kappa shape index (κ3) is 3.50. The summed E-state index contributed by atoms with van der Waals surface area (Å²) in [6.07, 6.45) is 4.33. The Labute approximate surface area is 167 Å². The number of aryl methyl sites for hydroxylation is 1. The quantitative estimate of drug-likeness (QED) is 0.521. The SMILES string of the molecule is Cc1cnc2c(C(=O)Nc3cnccc3N3CC(C)[C@@H](O)C(N)C3)c(N)oc2c1. The van der Waals surface area contributed by atoms with Crippen LogP contribution in [0, 0.1) is 12.8 Å². The summed E-state index contributed by atoms with van der Waals surface area (Å²) in [6.45, 7) is 4.91. The van der Waals surface area contributed by atoms with Crippen LogP contribution in [0.3, 0.4) is 0 Å². The molecular weight excluding hydrogens is 372 g/mol. The number of fused-ring (bicyclic) bond motifs is 1. The molecule has 4 rings (SSSR count). The van der Waals surface area contributed by atoms with Crippen molar-refractivity contribution in [3.8, 4) is 0 Å². The number of hydrogen-bond donors (Lipinski definition) is 4. The number of anilines is 3. The standard InChI is InChI=1S/C20H24N6O3/c1-10-5-15-17(24-6-10)16(19(22)29-15)20(28)25-13-7-23-4-3-14(13)26-8-11(2)18(27)12(21)9-26/h3-7,11-12,18,27H,8-9,21-22H2,1-2H3,(H,25,28)/t11?,12?,18-/m1/s1. The van der Waals surface area contributed by atoms with E-state index in [1.165, 1.54) is 0 Å². The maximum absolute atomic E-state index is 13.0. The molecule has 0 saturated carbocycles. The average Bonchev–Trinajstić information content (AvgIpc) is 3.01. The third-order valence-electron chi connectivity index (χ3n) is 5.27. The molecular formula is C20H24N6O3. The highest BCUT2D eigenvalue weighted by Crippen LogP contribution is 2.32. The molecule has 0 spiro atoms. The summed E-state index contributed by atoms with van der Waals surface area (Å²) in [5, 5.41) is 13.0. The number of rotatable bonds is 3. The lowest BCUT2D eigenvalue weighted by atomic mass is 9.92. The first-order chi connectivity index (χ1) is 13.8. The lowest BCUT2D eigenvalue weighted by Crippen LogP contribution is -2.55. The molecule has 1 amide bonds. The minimum absolute atomic E-state index is 0.00336. The van der Waals surface area contributed by atoms with Gasteiger partial charge < -0.3 is 31.2 Å². The number of amides is 1. The fraction of sp³-hybridized carbons (Fsp3) is 0.350. The minimum Gasteiger partial charge on any atom is -0.438 e. The molecule has 2 unspecified atom stereocenters. The summed E-state index contributed by atoms with van der Waals surface area (Å²) in [5.74, 6) is -0.421. The van der Waals surface area contributed by atoms with E-state index in [0.29, 0.717) is 29.9 Å². The molecule has 9 nitrogen and oxygen atoms in total. The van der Waals surface area contributed by atoms with Crippen LogP contribution in [-0.2, 0) is 0 Å². The number of nitrogen functional groups attached to an aromatic ring is 1. The van der Waals surface area contributed by atoms with E-state index < -0.39 is 12.0 Å². The van der Waals surface area contributed by atoms with E-state index in [0.717, 1.165) is 11.3 Å². The molecule has 1 saturated heterocycles. The number of aromatic nitrogens is 2. The first-order valence-corrected chi connectivity index (χ1v) is 9.43. The van der Waals surface area contributed by atoms with E-state index >= 15 is 0 Å². The summed E-state index contributed by atoms with van der Waals surface area (Å²) in [4.78, 5) is 23.5. The van der Waals surface area contributed by atoms with Crippen molar-refractivity contribution in [2.75, 3.05) is 29.0 Å². The van der Waals surface area contributed by atoms with Gasteiger partial charge in [0.15, 0.2) is 5.58 Å². The number of furan rings is 1. The number of nitrogens with two attached hydrogens (primary N) is 2. The zero-order valence-corrected chi connectivity index (χ0v) is 16.3. The normalized spacial score (nSPS) is 22.1. The first kappa shape index (κ1) is 19.2. The summed E-state index contributed by atoms with van der Waals surface area (Å²) >= 11 is 0. The average molecular weight is 396 g/mol. The zero-order valence-electron chi connectivity index (χ0n) is 16.3. The number of aliphatic hydroxyl groups excluding tert-OH is 1. The Morgan fingerprint density at radius 3 is 2.93 bits per heavy atom. The molecule has 9 heteroatoms. The molecule has 3 aromatic rings. The minimum atomic E-state index is -0.558. The van der Waals surface area contributed by atoms with Gasteiger partial charge in [0.2, 0.25) is 5.88 Å². The maximum Gasteiger partial charge on any atom is 0.263 e. The Kier molecular flexibility index (Phi) is 4.85. The molecule has 1 aliphatic rings. The van der Waals surface area contributed by atoms with Crippen LogP contribution >= 0.6 is 0 Å². The topological polar surface area (TPSA) is 144 Å². The number of aliphatic hydroxyl groups is 1. The Bertz CT molecular complexity index is 1050. The summed E-state index contributed by atoms with van der Waals surface area (Å²) in [6, 6.07) is 3.22. The molecule has 3 atom stereocenters. The number of hydrogen-bond acceptors (Lipinski definition) is 8. The Hall–Kier alpha value is -3.17. The Balaban J connectivity index is 1.64. The van der Waals surface area contributed by atoms with Crippen LogP contribution in [0.5, 0.6) is 0 Å². The largest absolute Gasteiger partial charge is 0.438 e. The molecule has 6 N–H and O–H groups in total. The highest BCUT2D eigenvalue weighted by atomic mass is 16.3. The maximum atomic E-state index is 13.0. The lowest BCUT2D eigenvalue weighted by molar-refractivity contribution is 0.0785. The van der Waals surface area contributed by atoms with Crippen molar-refractivity contribution in [2.45, 2.75) is 26.0 Å². The molecule has 3 aromatic heterocycles. The lowest BCUT2D eigenvalue weighted by Gasteiger charge is -2.40. The van der Waals surface area contributed by atoms with Crippen molar-refractivity contribution in [3.63, 3.8) is 0 Å². The second-order valence-electron chi connectivity index (χ2n) is 7.58. The van der Waals surface area contributed by atoms with Gasteiger partial charge in [-0.05, 0) is 24.6 Å². The molecule has 0 bridgehead atoms. The summed E-state index contributed by atoms with van der Waals surface area (Å²) in [7, 11) is 0. The molecule has 4 heterocycles. The van der Waals surface area contributed by atoms with Crippen LogP contribution < -0.4 is 21.7 Å². The van der Waals surface area contributed by atoms with E-state index in [9.17, 15) is 9.90 Å². The van der Waals surface area contributed by atoms with Crippen molar-refractivity contribution in [1.29, 1.82) is 0 Å². The van der Waals surface area contributed by atoms with Crippen molar-refractivity contribution < 1.29 is 14.3 Å². The van der Waals surface area contributed by atoms with Crippen molar-refractivity contribution in [2.24, 2.45) is 11.7 Å². The van der Waals surface area contributed by atoms with Gasteiger partial charge in [0.25, 0.3) is 5.91 Å². The van der Waals surface area contributed by atoms with Gasteiger partial charge in [-0.3, -0.25) is 14.8 Å². The highest BCUT2D eigenvalue weighted by molar-refractivity contribution is 6.15. The van der Waals surface area contributed by atoms with Crippen LogP contribution in [0.2, 0.25) is 0 Å². The molecule has 0 aliphatic carbocycles. The summed E-state index contributed by atoms with van der Waals surface area (Å²) < 4.78 is 5.51. The number of nitrogens with zero attached hydrogens (tertiary/aromatic N) is 3. The van der Waals surface area contributed by atoms with Gasteiger partial charge in [0, 0.05) is 37.4 Å². The molecule has 0 aromatic carbocycles. The van der Waals surface area contributed by atoms with E-state index in [4.69, 9.17) is 15.9 Å². The Morgan fingerprint density at radius 2 is 2.17 bits per heavy atom. The molecule has 1 aliphatic heterocycles. The van der Waals surface area contributed by atoms with E-state index in [2.05, 4.69) is 15.3 Å². The van der Waals surface area contributed by atoms with Crippen molar-refractivity contribution in [1.82, 2.24) is 9.97 Å². The second-order valence-corrected chi connectivity index (χ2v) is 7.58. The number of pyridine rings is 2.